The molecule has 1 aromatic heterocycles. The minimum absolute atomic E-state index is 0.209. The minimum atomic E-state index is -0.209. The third-order valence-corrected chi connectivity index (χ3v) is 4.20. The zero-order valence-electron chi connectivity index (χ0n) is 11.1. The molecule has 0 bridgehead atoms. The van der Waals surface area contributed by atoms with E-state index in [2.05, 4.69) is 15.3 Å². The number of aliphatic imine (C=N–C) groups is 1. The van der Waals surface area contributed by atoms with Crippen molar-refractivity contribution in [3.8, 4) is 0 Å². The second-order valence-electron chi connectivity index (χ2n) is 4.33. The molecule has 2 aromatic rings. The molecule has 110 valence electrons. The largest absolute Gasteiger partial charge is 0.300 e. The highest BCUT2D eigenvalue weighted by Gasteiger charge is 2.24. The van der Waals surface area contributed by atoms with Gasteiger partial charge >= 0.3 is 0 Å². The van der Waals surface area contributed by atoms with Crippen molar-refractivity contribution in [3.05, 3.63) is 63.2 Å². The molecular weight excluding hydrogens is 341 g/mol. The van der Waals surface area contributed by atoms with E-state index in [-0.39, 0.29) is 5.91 Å². The molecule has 1 aromatic carbocycles. The van der Waals surface area contributed by atoms with Gasteiger partial charge in [0.15, 0.2) is 5.17 Å². The van der Waals surface area contributed by atoms with E-state index in [9.17, 15) is 4.79 Å². The second kappa shape index (κ2) is 6.52. The van der Waals surface area contributed by atoms with Gasteiger partial charge in [0.1, 0.15) is 0 Å². The number of amides is 1. The molecule has 1 N–H and O–H groups in total. The number of nitrogens with one attached hydrogen (secondary N) is 1. The Morgan fingerprint density at radius 1 is 1.23 bits per heavy atom. The fourth-order valence-electron chi connectivity index (χ4n) is 1.76. The summed E-state index contributed by atoms with van der Waals surface area (Å²) in [6.45, 7) is 0. The Morgan fingerprint density at radius 2 is 2.09 bits per heavy atom. The summed E-state index contributed by atoms with van der Waals surface area (Å²) >= 11 is 13.2. The number of hydrogen-bond donors (Lipinski definition) is 1. The SMILES string of the molecule is O=C1NC(=Nc2ccc(Cl)cc2Cl)S/C1=C/c1ccccn1. The summed E-state index contributed by atoms with van der Waals surface area (Å²) in [5.41, 5.74) is 1.26. The molecule has 1 aliphatic rings. The minimum Gasteiger partial charge on any atom is -0.300 e. The van der Waals surface area contributed by atoms with Crippen LogP contribution in [0.3, 0.4) is 0 Å². The molecule has 0 saturated carbocycles. The maximum atomic E-state index is 12.0. The van der Waals surface area contributed by atoms with Crippen LogP contribution in [0, 0.1) is 0 Å². The van der Waals surface area contributed by atoms with Gasteiger partial charge < -0.3 is 5.32 Å². The molecule has 7 heteroatoms. The quantitative estimate of drug-likeness (QED) is 0.823. The van der Waals surface area contributed by atoms with Gasteiger partial charge in [-0.15, -0.1) is 0 Å². The van der Waals surface area contributed by atoms with Crippen molar-refractivity contribution in [3.63, 3.8) is 0 Å². The number of thioether (sulfide) groups is 1. The summed E-state index contributed by atoms with van der Waals surface area (Å²) in [7, 11) is 0. The molecule has 1 amide bonds. The lowest BCUT2D eigenvalue weighted by Gasteiger charge is -1.99. The maximum Gasteiger partial charge on any atom is 0.264 e. The predicted octanol–water partition coefficient (Wildman–Crippen LogP) is 4.28. The average Bonchev–Trinajstić information content (AvgIpc) is 2.83. The zero-order valence-corrected chi connectivity index (χ0v) is 13.4. The Balaban J connectivity index is 1.85. The van der Waals surface area contributed by atoms with Crippen molar-refractivity contribution in [1.29, 1.82) is 0 Å². The summed E-state index contributed by atoms with van der Waals surface area (Å²) in [6, 6.07) is 10.5. The third kappa shape index (κ3) is 3.50. The number of aromatic nitrogens is 1. The van der Waals surface area contributed by atoms with Gasteiger partial charge in [-0.1, -0.05) is 29.3 Å². The van der Waals surface area contributed by atoms with E-state index in [0.29, 0.717) is 31.5 Å². The van der Waals surface area contributed by atoms with Gasteiger partial charge in [0.2, 0.25) is 0 Å². The number of halogens is 2. The van der Waals surface area contributed by atoms with Crippen LogP contribution in [0.4, 0.5) is 5.69 Å². The van der Waals surface area contributed by atoms with Gasteiger partial charge in [0.25, 0.3) is 5.91 Å². The van der Waals surface area contributed by atoms with E-state index >= 15 is 0 Å². The Kier molecular flexibility index (Phi) is 4.47. The van der Waals surface area contributed by atoms with Crippen LogP contribution in [0.2, 0.25) is 10.0 Å². The van der Waals surface area contributed by atoms with E-state index in [1.165, 1.54) is 11.8 Å². The van der Waals surface area contributed by atoms with Gasteiger partial charge in [-0.2, -0.15) is 0 Å². The number of benzene rings is 1. The lowest BCUT2D eigenvalue weighted by molar-refractivity contribution is -0.115. The first-order valence-corrected chi connectivity index (χ1v) is 7.85. The molecule has 0 radical (unpaired) electrons. The number of hydrogen-bond acceptors (Lipinski definition) is 4. The Bertz CT molecular complexity index is 791. The number of carbonyl (C=O) groups excluding carboxylic acids is 1. The van der Waals surface area contributed by atoms with Crippen molar-refractivity contribution < 1.29 is 4.79 Å². The van der Waals surface area contributed by atoms with E-state index in [1.807, 2.05) is 18.2 Å². The summed E-state index contributed by atoms with van der Waals surface area (Å²) < 4.78 is 0. The fraction of sp³-hybridized carbons (Fsp3) is 0. The van der Waals surface area contributed by atoms with Crippen molar-refractivity contribution in [1.82, 2.24) is 10.3 Å². The van der Waals surface area contributed by atoms with Crippen LogP contribution in [-0.2, 0) is 4.79 Å². The molecule has 1 aliphatic heterocycles. The first-order valence-electron chi connectivity index (χ1n) is 6.27. The average molecular weight is 350 g/mol. The lowest BCUT2D eigenvalue weighted by atomic mass is 10.3. The topological polar surface area (TPSA) is 54.4 Å². The molecule has 1 fully saturated rings. The number of pyridine rings is 1. The smallest absolute Gasteiger partial charge is 0.264 e. The van der Waals surface area contributed by atoms with Gasteiger partial charge in [-0.05, 0) is 48.2 Å². The highest BCUT2D eigenvalue weighted by molar-refractivity contribution is 8.18. The van der Waals surface area contributed by atoms with E-state index in [0.717, 1.165) is 0 Å². The summed E-state index contributed by atoms with van der Waals surface area (Å²) in [5, 5.41) is 4.13. The van der Waals surface area contributed by atoms with Gasteiger partial charge in [0, 0.05) is 11.2 Å². The number of amidine groups is 1. The van der Waals surface area contributed by atoms with Crippen LogP contribution >= 0.6 is 35.0 Å². The van der Waals surface area contributed by atoms with Gasteiger partial charge in [-0.3, -0.25) is 9.78 Å². The van der Waals surface area contributed by atoms with Gasteiger partial charge in [0.05, 0.1) is 21.3 Å². The molecule has 4 nitrogen and oxygen atoms in total. The Hall–Kier alpha value is -1.82. The van der Waals surface area contributed by atoms with Crippen molar-refractivity contribution in [2.75, 3.05) is 0 Å². The molecular formula is C15H9Cl2N3OS. The molecule has 22 heavy (non-hydrogen) atoms. The van der Waals surface area contributed by atoms with Crippen LogP contribution < -0.4 is 5.32 Å². The van der Waals surface area contributed by atoms with Crippen molar-refractivity contribution in [2.45, 2.75) is 0 Å². The van der Waals surface area contributed by atoms with Crippen molar-refractivity contribution in [2.24, 2.45) is 4.99 Å². The first-order chi connectivity index (χ1) is 10.6. The van der Waals surface area contributed by atoms with E-state index < -0.39 is 0 Å². The molecule has 2 heterocycles. The second-order valence-corrected chi connectivity index (χ2v) is 6.21. The number of carbonyl (C=O) groups is 1. The van der Waals surface area contributed by atoms with Gasteiger partial charge in [-0.25, -0.2) is 4.99 Å². The standard InChI is InChI=1S/C15H9Cl2N3OS/c16-9-4-5-12(11(17)7-9)19-15-20-14(21)13(22-15)8-10-3-1-2-6-18-10/h1-8H,(H,19,20,21)/b13-8+. The number of rotatable bonds is 2. The molecule has 1 saturated heterocycles. The monoisotopic (exact) mass is 349 g/mol. The van der Waals surface area contributed by atoms with Crippen LogP contribution in [0.25, 0.3) is 6.08 Å². The summed E-state index contributed by atoms with van der Waals surface area (Å²) in [4.78, 5) is 21.0. The molecule has 0 unspecified atom stereocenters. The normalized spacial score (nSPS) is 18.0. The fourth-order valence-corrected chi connectivity index (χ4v) is 3.03. The first kappa shape index (κ1) is 15.1. The third-order valence-electron chi connectivity index (χ3n) is 2.75. The van der Waals surface area contributed by atoms with Crippen LogP contribution in [0.15, 0.2) is 52.5 Å². The number of nitrogens with zero attached hydrogens (tertiary/aromatic N) is 2. The highest BCUT2D eigenvalue weighted by atomic mass is 35.5. The molecule has 0 spiro atoms. The molecule has 0 atom stereocenters. The Morgan fingerprint density at radius 3 is 2.82 bits per heavy atom. The highest BCUT2D eigenvalue weighted by Crippen LogP contribution is 2.32. The molecule has 3 rings (SSSR count). The lowest BCUT2D eigenvalue weighted by Crippen LogP contribution is -2.19. The van der Waals surface area contributed by atoms with Crippen LogP contribution in [0.1, 0.15) is 5.69 Å². The van der Waals surface area contributed by atoms with Crippen LogP contribution in [-0.4, -0.2) is 16.1 Å². The van der Waals surface area contributed by atoms with Crippen LogP contribution in [0.5, 0.6) is 0 Å². The summed E-state index contributed by atoms with van der Waals surface area (Å²) in [6.07, 6.45) is 3.39. The van der Waals surface area contributed by atoms with E-state index in [4.69, 9.17) is 23.2 Å². The summed E-state index contributed by atoms with van der Waals surface area (Å²) in [5.74, 6) is -0.209. The Labute approximate surface area is 141 Å². The van der Waals surface area contributed by atoms with Crippen molar-refractivity contribution >= 4 is 57.8 Å². The van der Waals surface area contributed by atoms with E-state index in [1.54, 1.807) is 30.5 Å². The zero-order chi connectivity index (χ0) is 15.5. The maximum absolute atomic E-state index is 12.0. The molecule has 0 aliphatic carbocycles. The predicted molar refractivity (Wildman–Crippen MR) is 91.5 cm³/mol.